The van der Waals surface area contributed by atoms with Crippen LogP contribution in [0.1, 0.15) is 80.9 Å². The topological polar surface area (TPSA) is 228 Å². The lowest BCUT2D eigenvalue weighted by Crippen LogP contribution is -2.54. The Morgan fingerprint density at radius 2 is 1.46 bits per heavy atom. The minimum Gasteiger partial charge on any atom is -0.384 e. The number of nitrogen functional groups attached to an aromatic ring is 1. The first-order chi connectivity index (χ1) is 27.0. The van der Waals surface area contributed by atoms with E-state index in [9.17, 15) is 22.8 Å². The van der Waals surface area contributed by atoms with E-state index in [1.807, 2.05) is 0 Å². The first kappa shape index (κ1) is 46.5. The minimum absolute atomic E-state index is 0.000705. The van der Waals surface area contributed by atoms with Crippen molar-refractivity contribution in [3.63, 3.8) is 0 Å². The highest BCUT2D eigenvalue weighted by atomic mass is 32.2. The average Bonchev–Trinajstić information content (AvgIpc) is 3.19. The third-order valence-electron chi connectivity index (χ3n) is 9.59. The number of ether oxygens (including phenoxy) is 3. The molecule has 0 aliphatic heterocycles. The molecule has 2 aromatic carbocycles. The Labute approximate surface area is 332 Å². The second-order valence-electron chi connectivity index (χ2n) is 14.2. The summed E-state index contributed by atoms with van der Waals surface area (Å²) in [5.74, 6) is -1.54. The molecule has 1 aliphatic carbocycles. The van der Waals surface area contributed by atoms with Crippen molar-refractivity contribution in [2.24, 2.45) is 17.4 Å². The van der Waals surface area contributed by atoms with Gasteiger partial charge in [-0.05, 0) is 49.3 Å². The molecule has 16 heteroatoms. The molecule has 56 heavy (non-hydrogen) atoms. The van der Waals surface area contributed by atoms with Crippen molar-refractivity contribution in [2.45, 2.75) is 88.6 Å². The average molecular weight is 802 g/mol. The van der Waals surface area contributed by atoms with Gasteiger partial charge in [-0.15, -0.1) is 0 Å². The van der Waals surface area contributed by atoms with Crippen LogP contribution in [0.25, 0.3) is 0 Å². The molecule has 2 aromatic rings. The lowest BCUT2D eigenvalue weighted by molar-refractivity contribution is -0.132. The van der Waals surface area contributed by atoms with Crippen LogP contribution in [-0.4, -0.2) is 109 Å². The quantitative estimate of drug-likeness (QED) is 0.0419. The molecule has 0 radical (unpaired) electrons. The molecule has 15 nitrogen and oxygen atoms in total. The fraction of sp³-hybridized carbons (Fsp3) is 0.600. The van der Waals surface area contributed by atoms with Crippen LogP contribution < -0.4 is 26.8 Å². The molecular weight excluding hydrogens is 739 g/mol. The van der Waals surface area contributed by atoms with Gasteiger partial charge in [0.2, 0.25) is 27.7 Å². The van der Waals surface area contributed by atoms with E-state index in [0.717, 1.165) is 44.1 Å². The minimum atomic E-state index is -3.92. The van der Waals surface area contributed by atoms with Gasteiger partial charge < -0.3 is 41.2 Å². The van der Waals surface area contributed by atoms with E-state index in [0.29, 0.717) is 76.7 Å². The molecule has 1 saturated carbocycles. The van der Waals surface area contributed by atoms with Crippen LogP contribution in [0.5, 0.6) is 0 Å². The number of amidine groups is 1. The molecule has 0 heterocycles. The fourth-order valence-electron chi connectivity index (χ4n) is 6.39. The van der Waals surface area contributed by atoms with Crippen LogP contribution in [0.3, 0.4) is 0 Å². The van der Waals surface area contributed by atoms with Gasteiger partial charge in [-0.2, -0.15) is 0 Å². The zero-order valence-corrected chi connectivity index (χ0v) is 33.7. The molecule has 2 atom stereocenters. The molecule has 0 saturated heterocycles. The molecule has 3 amide bonds. The highest BCUT2D eigenvalue weighted by molar-refractivity contribution is 7.88. The van der Waals surface area contributed by atoms with E-state index in [1.54, 1.807) is 66.5 Å². The highest BCUT2D eigenvalue weighted by Gasteiger charge is 2.32. The van der Waals surface area contributed by atoms with E-state index >= 15 is 0 Å². The Balaban J connectivity index is 1.61. The zero-order valence-electron chi connectivity index (χ0n) is 32.8. The fourth-order valence-corrected chi connectivity index (χ4v) is 7.74. The Morgan fingerprint density at radius 3 is 2.09 bits per heavy atom. The first-order valence-corrected chi connectivity index (χ1v) is 21.3. The number of hydrogen-bond acceptors (Lipinski definition) is 10. The molecule has 3 rings (SSSR count). The van der Waals surface area contributed by atoms with Crippen LogP contribution in [0.2, 0.25) is 0 Å². The Kier molecular flexibility index (Phi) is 21.6. The van der Waals surface area contributed by atoms with Crippen LogP contribution in [0.4, 0.5) is 0 Å². The number of amides is 3. The molecule has 1 fully saturated rings. The molecule has 0 bridgehead atoms. The lowest BCUT2D eigenvalue weighted by atomic mass is 9.85. The van der Waals surface area contributed by atoms with E-state index in [2.05, 4.69) is 15.4 Å². The summed E-state index contributed by atoms with van der Waals surface area (Å²) in [5.41, 5.74) is 12.9. The predicted octanol–water partition coefficient (Wildman–Crippen LogP) is 2.56. The zero-order chi connectivity index (χ0) is 40.6. The Bertz CT molecular complexity index is 1570. The second kappa shape index (κ2) is 26.1. The van der Waals surface area contributed by atoms with Gasteiger partial charge in [-0.1, -0.05) is 86.7 Å². The number of nitrogens with two attached hydrogens (primary N) is 2. The van der Waals surface area contributed by atoms with Crippen LogP contribution >= 0.6 is 0 Å². The Hall–Kier alpha value is -3.93. The smallest absolute Gasteiger partial charge is 0.242 e. The summed E-state index contributed by atoms with van der Waals surface area (Å²) in [6, 6.07) is 13.4. The summed E-state index contributed by atoms with van der Waals surface area (Å²) in [4.78, 5) is 42.4. The second-order valence-corrected chi connectivity index (χ2v) is 16.0. The molecular formula is C40H63N7O8S. The number of carbonyl (C=O) groups excluding carboxylic acids is 3. The summed E-state index contributed by atoms with van der Waals surface area (Å²) in [6.45, 7) is 4.03. The Morgan fingerprint density at radius 1 is 0.839 bits per heavy atom. The van der Waals surface area contributed by atoms with Crippen molar-refractivity contribution in [3.05, 3.63) is 71.3 Å². The summed E-state index contributed by atoms with van der Waals surface area (Å²) < 4.78 is 45.8. The largest absolute Gasteiger partial charge is 0.384 e. The summed E-state index contributed by atoms with van der Waals surface area (Å²) in [5, 5.41) is 13.3. The molecule has 0 unspecified atom stereocenters. The summed E-state index contributed by atoms with van der Waals surface area (Å²) >= 11 is 0. The molecule has 1 aliphatic rings. The van der Waals surface area contributed by atoms with Gasteiger partial charge in [0, 0.05) is 45.3 Å². The maximum Gasteiger partial charge on any atom is 0.242 e. The van der Waals surface area contributed by atoms with E-state index in [-0.39, 0.29) is 42.8 Å². The van der Waals surface area contributed by atoms with Crippen LogP contribution in [0.15, 0.2) is 54.6 Å². The van der Waals surface area contributed by atoms with Crippen molar-refractivity contribution >= 4 is 33.6 Å². The standard InChI is InChI=1S/C40H63N7O8S/c1-47(21-9-23-54-25-27-55-26-24-53-22-8-20-41)37(48)19-18-35(39(49)44-29-32-14-16-34(17-15-32)38(42)43)45-40(50)36(28-31-10-4-2-5-11-31)46-56(51,52)30-33-12-6-3-7-13-33/h3,6-7,12-17,31,35-36,46H,2,4-5,8-11,18-30,41H2,1H3,(H3,42,43)(H,44,49)(H,45,50)/t35-,36+/m0/s1. The van der Waals surface area contributed by atoms with Crippen molar-refractivity contribution < 1.29 is 37.0 Å². The predicted molar refractivity (Wildman–Crippen MR) is 216 cm³/mol. The van der Waals surface area contributed by atoms with Gasteiger partial charge >= 0.3 is 0 Å². The maximum absolute atomic E-state index is 14.0. The number of rotatable bonds is 28. The van der Waals surface area contributed by atoms with Gasteiger partial charge in [0.05, 0.1) is 32.2 Å². The van der Waals surface area contributed by atoms with Gasteiger partial charge in [0.15, 0.2) is 0 Å². The van der Waals surface area contributed by atoms with Gasteiger partial charge in [0.1, 0.15) is 17.9 Å². The monoisotopic (exact) mass is 801 g/mol. The van der Waals surface area contributed by atoms with E-state index in [4.69, 9.17) is 31.1 Å². The summed E-state index contributed by atoms with van der Waals surface area (Å²) in [7, 11) is -2.25. The van der Waals surface area contributed by atoms with Gasteiger partial charge in [0.25, 0.3) is 0 Å². The summed E-state index contributed by atoms with van der Waals surface area (Å²) in [6.07, 6.45) is 6.59. The molecule has 0 spiro atoms. The van der Waals surface area contributed by atoms with Crippen molar-refractivity contribution in [3.8, 4) is 0 Å². The number of nitrogens with zero attached hydrogens (tertiary/aromatic N) is 1. The number of benzene rings is 2. The first-order valence-electron chi connectivity index (χ1n) is 19.7. The highest BCUT2D eigenvalue weighted by Crippen LogP contribution is 2.28. The van der Waals surface area contributed by atoms with Gasteiger partial charge in [-0.3, -0.25) is 19.8 Å². The van der Waals surface area contributed by atoms with Gasteiger partial charge in [-0.25, -0.2) is 13.1 Å². The maximum atomic E-state index is 14.0. The van der Waals surface area contributed by atoms with E-state index in [1.165, 1.54) is 0 Å². The molecule has 312 valence electrons. The number of hydrogen-bond donors (Lipinski definition) is 6. The van der Waals surface area contributed by atoms with Crippen molar-refractivity contribution in [1.29, 1.82) is 5.41 Å². The van der Waals surface area contributed by atoms with Crippen LogP contribution in [0, 0.1) is 11.3 Å². The third kappa shape index (κ3) is 18.8. The normalized spacial score (nSPS) is 14.5. The third-order valence-corrected chi connectivity index (χ3v) is 10.9. The molecule has 0 aromatic heterocycles. The number of carbonyl (C=O) groups is 3. The number of nitrogens with one attached hydrogen (secondary N) is 4. The van der Waals surface area contributed by atoms with Crippen molar-refractivity contribution in [2.75, 3.05) is 59.8 Å². The van der Waals surface area contributed by atoms with E-state index < -0.39 is 33.9 Å². The SMILES string of the molecule is CN(CCCOCCOCCOCCCN)C(=O)CC[C@H](NC(=O)[C@@H](CC1CCCCC1)NS(=O)(=O)Cc1ccccc1)C(=O)NCc1ccc(C(=N)N)cc1. The number of sulfonamides is 1. The van der Waals surface area contributed by atoms with Crippen LogP contribution in [-0.2, 0) is 50.9 Å². The molecule has 8 N–H and O–H groups in total. The van der Waals surface area contributed by atoms with Crippen molar-refractivity contribution in [1.82, 2.24) is 20.3 Å². The lowest BCUT2D eigenvalue weighted by Gasteiger charge is -2.28.